The van der Waals surface area contributed by atoms with E-state index in [4.69, 9.17) is 4.42 Å². The maximum Gasteiger partial charge on any atom is 0.222 e. The molecule has 2 heterocycles. The van der Waals surface area contributed by atoms with E-state index in [1.807, 2.05) is 37.2 Å². The van der Waals surface area contributed by atoms with Gasteiger partial charge in [-0.1, -0.05) is 30.3 Å². The number of hydrogen-bond donors (Lipinski definition) is 0. The van der Waals surface area contributed by atoms with Crippen molar-refractivity contribution in [2.75, 3.05) is 20.6 Å². The van der Waals surface area contributed by atoms with E-state index in [1.54, 1.807) is 0 Å². The summed E-state index contributed by atoms with van der Waals surface area (Å²) in [7, 11) is 4.06. The van der Waals surface area contributed by atoms with E-state index in [0.717, 1.165) is 43.9 Å². The normalized spacial score (nSPS) is 14.0. The Bertz CT molecular complexity index is 676. The van der Waals surface area contributed by atoms with Gasteiger partial charge in [0.05, 0.1) is 13.1 Å². The summed E-state index contributed by atoms with van der Waals surface area (Å²) in [5.41, 5.74) is 2.56. The second-order valence-electron chi connectivity index (χ2n) is 6.80. The lowest BCUT2D eigenvalue weighted by Gasteiger charge is -2.26. The van der Waals surface area contributed by atoms with E-state index < -0.39 is 0 Å². The van der Waals surface area contributed by atoms with Crippen molar-refractivity contribution in [3.8, 4) is 0 Å². The minimum atomic E-state index is 0.238. The Morgan fingerprint density at radius 1 is 1.25 bits per heavy atom. The Hall–Kier alpha value is -2.07. The Kier molecular flexibility index (Phi) is 5.36. The van der Waals surface area contributed by atoms with E-state index in [9.17, 15) is 4.79 Å². The van der Waals surface area contributed by atoms with Gasteiger partial charge in [-0.2, -0.15) is 0 Å². The predicted molar refractivity (Wildman–Crippen MR) is 94.6 cm³/mol. The maximum atomic E-state index is 12.5. The summed E-state index contributed by atoms with van der Waals surface area (Å²) in [6.45, 7) is 2.23. The third kappa shape index (κ3) is 4.26. The van der Waals surface area contributed by atoms with Gasteiger partial charge < -0.3 is 14.2 Å². The first kappa shape index (κ1) is 16.8. The third-order valence-corrected chi connectivity index (χ3v) is 4.46. The van der Waals surface area contributed by atoms with Gasteiger partial charge in [0, 0.05) is 13.0 Å². The molecule has 3 rings (SSSR count). The molecule has 1 aliphatic heterocycles. The van der Waals surface area contributed by atoms with Crippen molar-refractivity contribution in [1.29, 1.82) is 0 Å². The molecular weight excluding hydrogens is 300 g/mol. The average Bonchev–Trinajstić information content (AvgIpc) is 2.96. The van der Waals surface area contributed by atoms with Crippen LogP contribution in [0.2, 0.25) is 0 Å². The second kappa shape index (κ2) is 7.67. The van der Waals surface area contributed by atoms with Gasteiger partial charge in [0.2, 0.25) is 5.91 Å². The zero-order valence-electron chi connectivity index (χ0n) is 14.6. The van der Waals surface area contributed by atoms with Crippen LogP contribution in [0.25, 0.3) is 0 Å². The highest BCUT2D eigenvalue weighted by Gasteiger charge is 2.24. The number of fused-ring (bicyclic) bond motifs is 1. The highest BCUT2D eigenvalue weighted by molar-refractivity contribution is 5.76. The van der Waals surface area contributed by atoms with Crippen molar-refractivity contribution in [3.63, 3.8) is 0 Å². The largest absolute Gasteiger partial charge is 0.463 e. The van der Waals surface area contributed by atoms with Gasteiger partial charge >= 0.3 is 0 Å². The molecule has 0 unspecified atom stereocenters. The molecular formula is C20H26N2O2. The zero-order chi connectivity index (χ0) is 16.9. The fourth-order valence-electron chi connectivity index (χ4n) is 3.23. The fraction of sp³-hybridized carbons (Fsp3) is 0.450. The Morgan fingerprint density at radius 3 is 2.79 bits per heavy atom. The van der Waals surface area contributed by atoms with Crippen LogP contribution < -0.4 is 0 Å². The first-order valence-corrected chi connectivity index (χ1v) is 8.68. The summed E-state index contributed by atoms with van der Waals surface area (Å²) in [5, 5.41) is 0. The maximum absolute atomic E-state index is 12.5. The highest BCUT2D eigenvalue weighted by Crippen LogP contribution is 2.24. The summed E-state index contributed by atoms with van der Waals surface area (Å²) >= 11 is 0. The van der Waals surface area contributed by atoms with E-state index in [-0.39, 0.29) is 5.91 Å². The number of carbonyl (C=O) groups excluding carboxylic acids is 1. The van der Waals surface area contributed by atoms with Crippen molar-refractivity contribution >= 4 is 5.91 Å². The first-order valence-electron chi connectivity index (χ1n) is 8.68. The molecule has 128 valence electrons. The first-order chi connectivity index (χ1) is 11.6. The number of nitrogens with zero attached hydrogens (tertiary/aromatic N) is 2. The Balaban J connectivity index is 1.51. The molecule has 2 aromatic rings. The van der Waals surface area contributed by atoms with Crippen LogP contribution in [0.3, 0.4) is 0 Å². The number of amides is 1. The van der Waals surface area contributed by atoms with Crippen LogP contribution in [0.4, 0.5) is 0 Å². The molecule has 0 radical (unpaired) electrons. The van der Waals surface area contributed by atoms with Crippen LogP contribution in [-0.4, -0.2) is 36.3 Å². The number of rotatable bonds is 6. The standard InChI is InChI=1S/C20H26N2O2/c1-21(2)14-18-13-17-11-12-22(15-19(17)24-18)20(23)10-6-9-16-7-4-3-5-8-16/h3-5,7-8,13H,6,9-12,14-15H2,1-2H3. The van der Waals surface area contributed by atoms with Crippen molar-refractivity contribution in [3.05, 3.63) is 59.0 Å². The van der Waals surface area contributed by atoms with Gasteiger partial charge in [0.25, 0.3) is 0 Å². The minimum Gasteiger partial charge on any atom is -0.463 e. The lowest BCUT2D eigenvalue weighted by Crippen LogP contribution is -2.35. The van der Waals surface area contributed by atoms with E-state index in [0.29, 0.717) is 13.0 Å². The molecule has 1 aromatic carbocycles. The average molecular weight is 326 g/mol. The fourth-order valence-corrected chi connectivity index (χ4v) is 3.23. The SMILES string of the molecule is CN(C)Cc1cc2c(o1)CN(C(=O)CCCc1ccccc1)CC2. The number of furan rings is 1. The molecule has 0 saturated heterocycles. The molecule has 0 atom stereocenters. The molecule has 0 saturated carbocycles. The Morgan fingerprint density at radius 2 is 2.04 bits per heavy atom. The van der Waals surface area contributed by atoms with Gasteiger partial charge in [0.15, 0.2) is 0 Å². The van der Waals surface area contributed by atoms with Gasteiger partial charge in [0.1, 0.15) is 11.5 Å². The lowest BCUT2D eigenvalue weighted by atomic mass is 10.1. The van der Waals surface area contributed by atoms with Gasteiger partial charge in [-0.15, -0.1) is 0 Å². The van der Waals surface area contributed by atoms with Gasteiger partial charge in [-0.3, -0.25) is 4.79 Å². The van der Waals surface area contributed by atoms with E-state index in [1.165, 1.54) is 11.1 Å². The molecule has 1 aliphatic rings. The van der Waals surface area contributed by atoms with Crippen LogP contribution in [0.5, 0.6) is 0 Å². The van der Waals surface area contributed by atoms with Crippen LogP contribution >= 0.6 is 0 Å². The molecule has 0 fully saturated rings. The lowest BCUT2D eigenvalue weighted by molar-refractivity contribution is -0.132. The molecule has 0 spiro atoms. The summed E-state index contributed by atoms with van der Waals surface area (Å²) in [4.78, 5) is 16.5. The van der Waals surface area contributed by atoms with Crippen LogP contribution in [0.1, 0.15) is 35.5 Å². The van der Waals surface area contributed by atoms with Crippen molar-refractivity contribution in [2.24, 2.45) is 0 Å². The highest BCUT2D eigenvalue weighted by atomic mass is 16.3. The van der Waals surface area contributed by atoms with Crippen molar-refractivity contribution in [1.82, 2.24) is 9.80 Å². The van der Waals surface area contributed by atoms with Gasteiger partial charge in [-0.05, 0) is 50.6 Å². The van der Waals surface area contributed by atoms with E-state index in [2.05, 4.69) is 23.1 Å². The Labute approximate surface area is 144 Å². The quantitative estimate of drug-likeness (QED) is 0.818. The molecule has 1 aromatic heterocycles. The van der Waals surface area contributed by atoms with Gasteiger partial charge in [-0.25, -0.2) is 0 Å². The van der Waals surface area contributed by atoms with Crippen LogP contribution in [-0.2, 0) is 30.7 Å². The molecule has 24 heavy (non-hydrogen) atoms. The third-order valence-electron chi connectivity index (χ3n) is 4.46. The number of carbonyl (C=O) groups is 1. The smallest absolute Gasteiger partial charge is 0.222 e. The molecule has 0 bridgehead atoms. The van der Waals surface area contributed by atoms with Crippen LogP contribution in [0.15, 0.2) is 40.8 Å². The monoisotopic (exact) mass is 326 g/mol. The molecule has 0 N–H and O–H groups in total. The minimum absolute atomic E-state index is 0.238. The molecule has 4 heteroatoms. The number of hydrogen-bond acceptors (Lipinski definition) is 3. The van der Waals surface area contributed by atoms with Crippen molar-refractivity contribution in [2.45, 2.75) is 38.8 Å². The number of benzene rings is 1. The number of aryl methyl sites for hydroxylation is 1. The topological polar surface area (TPSA) is 36.7 Å². The predicted octanol–water partition coefficient (Wildman–Crippen LogP) is 3.25. The zero-order valence-corrected chi connectivity index (χ0v) is 14.6. The molecule has 0 aliphatic carbocycles. The summed E-state index contributed by atoms with van der Waals surface area (Å²) < 4.78 is 5.94. The molecule has 1 amide bonds. The van der Waals surface area contributed by atoms with E-state index >= 15 is 0 Å². The molecule has 4 nitrogen and oxygen atoms in total. The van der Waals surface area contributed by atoms with Crippen molar-refractivity contribution < 1.29 is 9.21 Å². The van der Waals surface area contributed by atoms with Crippen LogP contribution in [0, 0.1) is 0 Å². The summed E-state index contributed by atoms with van der Waals surface area (Å²) in [6.07, 6.45) is 3.36. The summed E-state index contributed by atoms with van der Waals surface area (Å²) in [6, 6.07) is 12.5. The summed E-state index contributed by atoms with van der Waals surface area (Å²) in [5.74, 6) is 2.19. The second-order valence-corrected chi connectivity index (χ2v) is 6.80.